The first-order valence-electron chi connectivity index (χ1n) is 7.11. The van der Waals surface area contributed by atoms with Crippen LogP contribution in [0.15, 0.2) is 0 Å². The standard InChI is InChI=1S/C14H27NO3/c1-15-12(13(16-2)17-3)11-6-9-18-14(10-11)7-4-5-8-14/h11-13,15H,4-10H2,1-3H3. The van der Waals surface area contributed by atoms with Gasteiger partial charge in [-0.2, -0.15) is 0 Å². The Kier molecular flexibility index (Phi) is 5.01. The Morgan fingerprint density at radius 3 is 2.44 bits per heavy atom. The molecule has 2 fully saturated rings. The highest BCUT2D eigenvalue weighted by Gasteiger charge is 2.43. The fourth-order valence-corrected chi connectivity index (χ4v) is 3.72. The molecule has 18 heavy (non-hydrogen) atoms. The van der Waals surface area contributed by atoms with Crippen LogP contribution in [0.1, 0.15) is 38.5 Å². The summed E-state index contributed by atoms with van der Waals surface area (Å²) in [7, 11) is 5.42. The van der Waals surface area contributed by atoms with Gasteiger partial charge in [0, 0.05) is 20.8 Å². The second-order valence-electron chi connectivity index (χ2n) is 5.65. The molecule has 0 aromatic heterocycles. The predicted octanol–water partition coefficient (Wildman–Crippen LogP) is 1.93. The molecule has 0 bridgehead atoms. The first-order chi connectivity index (χ1) is 8.74. The van der Waals surface area contributed by atoms with Gasteiger partial charge in [-0.1, -0.05) is 12.8 Å². The third kappa shape index (κ3) is 2.87. The van der Waals surface area contributed by atoms with Crippen molar-refractivity contribution in [3.63, 3.8) is 0 Å². The maximum Gasteiger partial charge on any atom is 0.172 e. The molecule has 2 unspecified atom stereocenters. The summed E-state index contributed by atoms with van der Waals surface area (Å²) in [6.45, 7) is 0.878. The summed E-state index contributed by atoms with van der Waals surface area (Å²) >= 11 is 0. The minimum atomic E-state index is -0.170. The van der Waals surface area contributed by atoms with Gasteiger partial charge in [0.1, 0.15) is 0 Å². The van der Waals surface area contributed by atoms with Crippen LogP contribution in [0.4, 0.5) is 0 Å². The first-order valence-corrected chi connectivity index (χ1v) is 7.11. The van der Waals surface area contributed by atoms with Gasteiger partial charge in [-0.3, -0.25) is 0 Å². The molecule has 2 atom stereocenters. The number of hydrogen-bond acceptors (Lipinski definition) is 4. The van der Waals surface area contributed by atoms with Crippen LogP contribution in [-0.4, -0.2) is 45.8 Å². The molecule has 4 nitrogen and oxygen atoms in total. The molecule has 2 aliphatic rings. The van der Waals surface area contributed by atoms with Gasteiger partial charge in [-0.15, -0.1) is 0 Å². The smallest absolute Gasteiger partial charge is 0.172 e. The van der Waals surface area contributed by atoms with Crippen LogP contribution in [0, 0.1) is 5.92 Å². The molecule has 0 amide bonds. The van der Waals surface area contributed by atoms with E-state index in [1.165, 1.54) is 25.7 Å². The van der Waals surface area contributed by atoms with Crippen molar-refractivity contribution in [2.75, 3.05) is 27.9 Å². The topological polar surface area (TPSA) is 39.7 Å². The van der Waals surface area contributed by atoms with Crippen molar-refractivity contribution in [2.45, 2.75) is 56.5 Å². The van der Waals surface area contributed by atoms with E-state index in [1.54, 1.807) is 14.2 Å². The van der Waals surface area contributed by atoms with Gasteiger partial charge in [0.2, 0.25) is 0 Å². The third-order valence-corrected chi connectivity index (χ3v) is 4.64. The average molecular weight is 257 g/mol. The zero-order valence-electron chi connectivity index (χ0n) is 11.9. The van der Waals surface area contributed by atoms with Crippen molar-refractivity contribution >= 4 is 0 Å². The SMILES string of the molecule is CNC(C1CCOC2(CCCC2)C1)C(OC)OC. The Morgan fingerprint density at radius 2 is 1.89 bits per heavy atom. The van der Waals surface area contributed by atoms with Gasteiger partial charge in [-0.05, 0) is 38.6 Å². The Morgan fingerprint density at radius 1 is 1.22 bits per heavy atom. The second-order valence-corrected chi connectivity index (χ2v) is 5.65. The average Bonchev–Trinajstić information content (AvgIpc) is 2.83. The zero-order valence-corrected chi connectivity index (χ0v) is 11.9. The predicted molar refractivity (Wildman–Crippen MR) is 70.5 cm³/mol. The third-order valence-electron chi connectivity index (χ3n) is 4.64. The highest BCUT2D eigenvalue weighted by molar-refractivity contribution is 4.94. The van der Waals surface area contributed by atoms with E-state index < -0.39 is 0 Å². The number of rotatable bonds is 5. The van der Waals surface area contributed by atoms with Crippen molar-refractivity contribution in [2.24, 2.45) is 5.92 Å². The van der Waals surface area contributed by atoms with Crippen LogP contribution in [0.5, 0.6) is 0 Å². The molecule has 1 saturated carbocycles. The maximum absolute atomic E-state index is 6.09. The maximum atomic E-state index is 6.09. The molecular formula is C14H27NO3. The molecule has 1 saturated heterocycles. The molecule has 1 aliphatic carbocycles. The van der Waals surface area contributed by atoms with Gasteiger partial charge in [-0.25, -0.2) is 0 Å². The van der Waals surface area contributed by atoms with Gasteiger partial charge < -0.3 is 19.5 Å². The molecule has 4 heteroatoms. The molecule has 0 aromatic carbocycles. The van der Waals surface area contributed by atoms with E-state index in [0.29, 0.717) is 5.92 Å². The van der Waals surface area contributed by atoms with Gasteiger partial charge >= 0.3 is 0 Å². The highest BCUT2D eigenvalue weighted by atomic mass is 16.7. The van der Waals surface area contributed by atoms with Crippen LogP contribution in [0.3, 0.4) is 0 Å². The lowest BCUT2D eigenvalue weighted by atomic mass is 9.80. The molecule has 1 heterocycles. The first kappa shape index (κ1) is 14.3. The van der Waals surface area contributed by atoms with E-state index in [1.807, 2.05) is 7.05 Å². The summed E-state index contributed by atoms with van der Waals surface area (Å²) < 4.78 is 17.0. The van der Waals surface area contributed by atoms with Crippen molar-refractivity contribution in [1.82, 2.24) is 5.32 Å². The van der Waals surface area contributed by atoms with Crippen LogP contribution in [0.25, 0.3) is 0 Å². The minimum Gasteiger partial charge on any atom is -0.375 e. The van der Waals surface area contributed by atoms with Crippen LogP contribution in [-0.2, 0) is 14.2 Å². The van der Waals surface area contributed by atoms with E-state index in [2.05, 4.69) is 5.32 Å². The summed E-state index contributed by atoms with van der Waals surface area (Å²) in [5, 5.41) is 3.37. The number of methoxy groups -OCH3 is 2. The Labute approximate surface area is 110 Å². The van der Waals surface area contributed by atoms with E-state index in [4.69, 9.17) is 14.2 Å². The molecule has 1 N–H and O–H groups in total. The minimum absolute atomic E-state index is 0.157. The molecule has 1 spiro atoms. The van der Waals surface area contributed by atoms with Crippen molar-refractivity contribution in [3.8, 4) is 0 Å². The van der Waals surface area contributed by atoms with Gasteiger partial charge in [0.15, 0.2) is 6.29 Å². The van der Waals surface area contributed by atoms with Crippen molar-refractivity contribution in [3.05, 3.63) is 0 Å². The molecule has 0 aromatic rings. The monoisotopic (exact) mass is 257 g/mol. The summed E-state index contributed by atoms with van der Waals surface area (Å²) in [6, 6.07) is 0.251. The zero-order chi connectivity index (χ0) is 13.0. The molecule has 1 aliphatic heterocycles. The lowest BCUT2D eigenvalue weighted by Crippen LogP contribution is -2.51. The Balaban J connectivity index is 2.01. The number of ether oxygens (including phenoxy) is 3. The van der Waals surface area contributed by atoms with Crippen molar-refractivity contribution < 1.29 is 14.2 Å². The van der Waals surface area contributed by atoms with Gasteiger partial charge in [0.25, 0.3) is 0 Å². The quantitative estimate of drug-likeness (QED) is 0.764. The molecule has 106 valence electrons. The number of likely N-dealkylation sites (N-methyl/N-ethyl adjacent to an activating group) is 1. The molecular weight excluding hydrogens is 230 g/mol. The molecule has 2 rings (SSSR count). The van der Waals surface area contributed by atoms with Crippen LogP contribution >= 0.6 is 0 Å². The fraction of sp³-hybridized carbons (Fsp3) is 1.00. The number of hydrogen-bond donors (Lipinski definition) is 1. The normalized spacial score (nSPS) is 29.0. The van der Waals surface area contributed by atoms with E-state index >= 15 is 0 Å². The van der Waals surface area contributed by atoms with Crippen LogP contribution in [0.2, 0.25) is 0 Å². The summed E-state index contributed by atoms with van der Waals surface area (Å²) in [6.07, 6.45) is 7.15. The van der Waals surface area contributed by atoms with E-state index in [-0.39, 0.29) is 17.9 Å². The Bertz CT molecular complexity index is 249. The van der Waals surface area contributed by atoms with E-state index in [0.717, 1.165) is 19.4 Å². The second kappa shape index (κ2) is 6.33. The summed E-state index contributed by atoms with van der Waals surface area (Å²) in [5.41, 5.74) is 0.157. The largest absolute Gasteiger partial charge is 0.375 e. The lowest BCUT2D eigenvalue weighted by Gasteiger charge is -2.42. The van der Waals surface area contributed by atoms with Gasteiger partial charge in [0.05, 0.1) is 11.6 Å². The summed E-state index contributed by atoms with van der Waals surface area (Å²) in [5.74, 6) is 0.576. The number of nitrogens with one attached hydrogen (secondary N) is 1. The van der Waals surface area contributed by atoms with E-state index in [9.17, 15) is 0 Å². The fourth-order valence-electron chi connectivity index (χ4n) is 3.72. The lowest BCUT2D eigenvalue weighted by molar-refractivity contribution is -0.156. The van der Waals surface area contributed by atoms with Crippen molar-refractivity contribution in [1.29, 1.82) is 0 Å². The van der Waals surface area contributed by atoms with Crippen LogP contribution < -0.4 is 5.32 Å². The molecule has 0 radical (unpaired) electrons. The Hall–Kier alpha value is -0.160. The highest BCUT2D eigenvalue weighted by Crippen LogP contribution is 2.43. The summed E-state index contributed by atoms with van der Waals surface area (Å²) in [4.78, 5) is 0.